The maximum absolute atomic E-state index is 11.1. The van der Waals surface area contributed by atoms with Crippen molar-refractivity contribution in [2.24, 2.45) is 29.1 Å². The van der Waals surface area contributed by atoms with Crippen LogP contribution in [0.1, 0.15) is 47.0 Å². The van der Waals surface area contributed by atoms with E-state index in [0.29, 0.717) is 18.3 Å². The second kappa shape index (κ2) is 4.61. The summed E-state index contributed by atoms with van der Waals surface area (Å²) in [6.07, 6.45) is 1.44. The van der Waals surface area contributed by atoms with Crippen molar-refractivity contribution in [1.29, 1.82) is 0 Å². The molecule has 0 amide bonds. The number of aliphatic hydroxyl groups is 2. The molecule has 2 aliphatic carbocycles. The van der Waals surface area contributed by atoms with Gasteiger partial charge in [0.25, 0.3) is 0 Å². The molecule has 0 aromatic carbocycles. The summed E-state index contributed by atoms with van der Waals surface area (Å²) in [7, 11) is 0. The standard InChI is InChI=1S/C15H26O3/c1-8(2)12-11(17)7-15(4)10(6-5-9(3)16)13(15)14(12)18/h8,10-14,17-18H,5-7H2,1-4H3/t10-,11-,12-,13-,14-,15+/m1/s1. The fourth-order valence-corrected chi connectivity index (χ4v) is 4.38. The number of hydrogen-bond donors (Lipinski definition) is 2. The van der Waals surface area contributed by atoms with Crippen LogP contribution < -0.4 is 0 Å². The minimum atomic E-state index is -0.407. The molecule has 2 fully saturated rings. The number of hydrogen-bond acceptors (Lipinski definition) is 3. The highest BCUT2D eigenvalue weighted by Gasteiger charge is 2.68. The molecule has 0 heterocycles. The summed E-state index contributed by atoms with van der Waals surface area (Å²) in [6, 6.07) is 0. The van der Waals surface area contributed by atoms with Crippen molar-refractivity contribution >= 4 is 5.78 Å². The van der Waals surface area contributed by atoms with E-state index in [1.54, 1.807) is 6.92 Å². The van der Waals surface area contributed by atoms with E-state index in [1.165, 1.54) is 0 Å². The van der Waals surface area contributed by atoms with E-state index in [1.807, 2.05) is 0 Å². The highest BCUT2D eigenvalue weighted by atomic mass is 16.3. The Balaban J connectivity index is 2.07. The lowest BCUT2D eigenvalue weighted by Crippen LogP contribution is -2.43. The average molecular weight is 254 g/mol. The lowest BCUT2D eigenvalue weighted by atomic mass is 9.73. The molecule has 0 aliphatic heterocycles. The molecule has 0 bridgehead atoms. The van der Waals surface area contributed by atoms with Crippen molar-refractivity contribution in [3.63, 3.8) is 0 Å². The summed E-state index contributed by atoms with van der Waals surface area (Å²) in [5.74, 6) is 1.21. The number of carbonyl (C=O) groups is 1. The number of ketones is 1. The van der Waals surface area contributed by atoms with Crippen LogP contribution in [0.3, 0.4) is 0 Å². The topological polar surface area (TPSA) is 57.5 Å². The van der Waals surface area contributed by atoms with Gasteiger partial charge in [0, 0.05) is 12.3 Å². The van der Waals surface area contributed by atoms with Gasteiger partial charge in [0.1, 0.15) is 5.78 Å². The van der Waals surface area contributed by atoms with E-state index in [0.717, 1.165) is 12.8 Å². The van der Waals surface area contributed by atoms with Gasteiger partial charge in [-0.1, -0.05) is 20.8 Å². The first kappa shape index (κ1) is 14.0. The van der Waals surface area contributed by atoms with Gasteiger partial charge in [-0.05, 0) is 42.9 Å². The molecule has 104 valence electrons. The normalized spacial score (nSPS) is 46.9. The first-order valence-electron chi connectivity index (χ1n) is 7.14. The van der Waals surface area contributed by atoms with Gasteiger partial charge in [-0.15, -0.1) is 0 Å². The van der Waals surface area contributed by atoms with Gasteiger partial charge in [-0.2, -0.15) is 0 Å². The highest BCUT2D eigenvalue weighted by Crippen LogP contribution is 2.69. The summed E-state index contributed by atoms with van der Waals surface area (Å²) in [5, 5.41) is 20.7. The van der Waals surface area contributed by atoms with Crippen LogP contribution in [0, 0.1) is 29.1 Å². The highest BCUT2D eigenvalue weighted by molar-refractivity contribution is 5.75. The van der Waals surface area contributed by atoms with Crippen LogP contribution in [0.15, 0.2) is 0 Å². The molecule has 0 unspecified atom stereocenters. The van der Waals surface area contributed by atoms with Gasteiger partial charge in [-0.3, -0.25) is 0 Å². The number of rotatable bonds is 4. The molecule has 0 radical (unpaired) electrons. The molecular formula is C15H26O3. The third-order valence-electron chi connectivity index (χ3n) is 5.37. The quantitative estimate of drug-likeness (QED) is 0.807. The van der Waals surface area contributed by atoms with Crippen LogP contribution in [-0.2, 0) is 4.79 Å². The van der Waals surface area contributed by atoms with Gasteiger partial charge < -0.3 is 15.0 Å². The molecule has 2 N–H and O–H groups in total. The fourth-order valence-electron chi connectivity index (χ4n) is 4.38. The second-order valence-electron chi connectivity index (χ2n) is 6.96. The zero-order valence-electron chi connectivity index (χ0n) is 11.9. The first-order valence-corrected chi connectivity index (χ1v) is 7.14. The summed E-state index contributed by atoms with van der Waals surface area (Å²) in [4.78, 5) is 11.1. The smallest absolute Gasteiger partial charge is 0.129 e. The van der Waals surface area contributed by atoms with E-state index in [4.69, 9.17) is 0 Å². The number of aliphatic hydroxyl groups excluding tert-OH is 2. The zero-order valence-corrected chi connectivity index (χ0v) is 11.9. The van der Waals surface area contributed by atoms with Crippen LogP contribution >= 0.6 is 0 Å². The Morgan fingerprint density at radius 2 is 2.00 bits per heavy atom. The Hall–Kier alpha value is -0.410. The van der Waals surface area contributed by atoms with Crippen molar-refractivity contribution in [3.8, 4) is 0 Å². The van der Waals surface area contributed by atoms with Crippen LogP contribution in [0.4, 0.5) is 0 Å². The van der Waals surface area contributed by atoms with Gasteiger partial charge in [-0.25, -0.2) is 0 Å². The monoisotopic (exact) mass is 254 g/mol. The van der Waals surface area contributed by atoms with Gasteiger partial charge in [0.05, 0.1) is 12.2 Å². The van der Waals surface area contributed by atoms with Crippen LogP contribution in [0.5, 0.6) is 0 Å². The molecule has 0 aromatic rings. The van der Waals surface area contributed by atoms with E-state index in [2.05, 4.69) is 20.8 Å². The minimum absolute atomic E-state index is 0.00889. The van der Waals surface area contributed by atoms with Crippen molar-refractivity contribution < 1.29 is 15.0 Å². The third kappa shape index (κ3) is 2.12. The van der Waals surface area contributed by atoms with Gasteiger partial charge in [0.2, 0.25) is 0 Å². The largest absolute Gasteiger partial charge is 0.393 e. The molecule has 3 nitrogen and oxygen atoms in total. The molecule has 0 aromatic heterocycles. The maximum Gasteiger partial charge on any atom is 0.129 e. The SMILES string of the molecule is CC(=O)CC[C@@H]1[C@@H]2[C@H](O)[C@H](C(C)C)[C@H](O)C[C@]21C. The summed E-state index contributed by atoms with van der Waals surface area (Å²) in [6.45, 7) is 7.90. The first-order chi connectivity index (χ1) is 8.29. The molecule has 18 heavy (non-hydrogen) atoms. The predicted molar refractivity (Wildman–Crippen MR) is 70.0 cm³/mol. The van der Waals surface area contributed by atoms with E-state index < -0.39 is 12.2 Å². The number of fused-ring (bicyclic) bond motifs is 1. The molecule has 3 heteroatoms. The zero-order chi connectivity index (χ0) is 13.7. The maximum atomic E-state index is 11.1. The molecular weight excluding hydrogens is 228 g/mol. The van der Waals surface area contributed by atoms with Crippen molar-refractivity contribution in [3.05, 3.63) is 0 Å². The van der Waals surface area contributed by atoms with Crippen LogP contribution in [-0.4, -0.2) is 28.2 Å². The van der Waals surface area contributed by atoms with Crippen LogP contribution in [0.25, 0.3) is 0 Å². The Labute approximate surface area is 110 Å². The summed E-state index contributed by atoms with van der Waals surface area (Å²) < 4.78 is 0. The summed E-state index contributed by atoms with van der Waals surface area (Å²) in [5.41, 5.74) is 0.0552. The predicted octanol–water partition coefficient (Wildman–Crippen LogP) is 2.01. The van der Waals surface area contributed by atoms with Crippen molar-refractivity contribution in [2.45, 2.75) is 59.2 Å². The fraction of sp³-hybridized carbons (Fsp3) is 0.933. The van der Waals surface area contributed by atoms with E-state index in [-0.39, 0.29) is 23.0 Å². The van der Waals surface area contributed by atoms with Crippen molar-refractivity contribution in [2.75, 3.05) is 0 Å². The second-order valence-corrected chi connectivity index (χ2v) is 6.96. The Morgan fingerprint density at radius 3 is 2.50 bits per heavy atom. The number of carbonyl (C=O) groups excluding carboxylic acids is 1. The van der Waals surface area contributed by atoms with Crippen molar-refractivity contribution in [1.82, 2.24) is 0 Å². The third-order valence-corrected chi connectivity index (χ3v) is 5.37. The lowest BCUT2D eigenvalue weighted by Gasteiger charge is -2.37. The Bertz CT molecular complexity index is 339. The molecule has 6 atom stereocenters. The lowest BCUT2D eigenvalue weighted by molar-refractivity contribution is -0.117. The minimum Gasteiger partial charge on any atom is -0.393 e. The average Bonchev–Trinajstić information content (AvgIpc) is 2.79. The summed E-state index contributed by atoms with van der Waals surface area (Å²) >= 11 is 0. The van der Waals surface area contributed by atoms with Gasteiger partial charge in [0.15, 0.2) is 0 Å². The van der Waals surface area contributed by atoms with Crippen LogP contribution in [0.2, 0.25) is 0 Å². The van der Waals surface area contributed by atoms with E-state index >= 15 is 0 Å². The molecule has 2 saturated carbocycles. The Kier molecular flexibility index (Phi) is 3.58. The van der Waals surface area contributed by atoms with Gasteiger partial charge >= 0.3 is 0 Å². The van der Waals surface area contributed by atoms with E-state index in [9.17, 15) is 15.0 Å². The molecule has 2 rings (SSSR count). The number of Topliss-reactive ketones (excluding diaryl/α,β-unsaturated/α-hetero) is 1. The molecule has 2 aliphatic rings. The Morgan fingerprint density at radius 1 is 1.39 bits per heavy atom. The molecule has 0 spiro atoms. The molecule has 0 saturated heterocycles.